The summed E-state index contributed by atoms with van der Waals surface area (Å²) in [7, 11) is 2.02. The number of pyridine rings is 1. The fourth-order valence-electron chi connectivity index (χ4n) is 4.23. The second-order valence-corrected chi connectivity index (χ2v) is 9.17. The molecule has 1 unspecified atom stereocenters. The van der Waals surface area contributed by atoms with Crippen molar-refractivity contribution in [3.8, 4) is 5.75 Å². The normalized spacial score (nSPS) is 16.2. The molecule has 1 saturated heterocycles. The lowest BCUT2D eigenvalue weighted by atomic mass is 10.2. The number of rotatable bonds is 12. The minimum absolute atomic E-state index is 0.157. The van der Waals surface area contributed by atoms with Crippen molar-refractivity contribution in [3.05, 3.63) is 53.7 Å². The fraction of sp³-hybridized carbons (Fsp3) is 0.556. The highest BCUT2D eigenvalue weighted by Crippen LogP contribution is 2.25. The molecule has 0 bridgehead atoms. The molecular weight excluding hydrogens is 414 g/mol. The van der Waals surface area contributed by atoms with E-state index < -0.39 is 0 Å². The topological polar surface area (TPSA) is 54.9 Å². The zero-order valence-corrected chi connectivity index (χ0v) is 20.6. The van der Waals surface area contributed by atoms with E-state index in [1.165, 1.54) is 24.8 Å². The van der Waals surface area contributed by atoms with Gasteiger partial charge in [0.15, 0.2) is 0 Å². The maximum atomic E-state index is 12.5. The lowest BCUT2D eigenvalue weighted by Gasteiger charge is -2.27. The summed E-state index contributed by atoms with van der Waals surface area (Å²) in [6, 6.07) is 12.4. The number of carbonyl (C=O) groups excluding carboxylic acids is 1. The van der Waals surface area contributed by atoms with Crippen LogP contribution in [-0.2, 0) is 11.3 Å². The van der Waals surface area contributed by atoms with Gasteiger partial charge < -0.3 is 14.4 Å². The van der Waals surface area contributed by atoms with E-state index in [2.05, 4.69) is 46.0 Å². The summed E-state index contributed by atoms with van der Waals surface area (Å²) in [5, 5.41) is 0. The minimum atomic E-state index is -0.317. The molecule has 0 saturated carbocycles. The van der Waals surface area contributed by atoms with E-state index in [4.69, 9.17) is 9.47 Å². The highest BCUT2D eigenvalue weighted by molar-refractivity contribution is 5.94. The number of unbranched alkanes of at least 4 members (excludes halogenated alkanes) is 3. The number of esters is 1. The number of ether oxygens (including phenoxy) is 2. The van der Waals surface area contributed by atoms with Crippen molar-refractivity contribution in [2.45, 2.75) is 71.6 Å². The Kier molecular flexibility index (Phi) is 9.55. The number of anilines is 1. The summed E-state index contributed by atoms with van der Waals surface area (Å²) in [6.07, 6.45) is 7.48. The van der Waals surface area contributed by atoms with Crippen molar-refractivity contribution in [2.75, 3.05) is 31.6 Å². The number of carbonyl (C=O) groups is 1. The summed E-state index contributed by atoms with van der Waals surface area (Å²) in [4.78, 5) is 21.6. The highest BCUT2D eigenvalue weighted by atomic mass is 16.5. The number of hydrogen-bond acceptors (Lipinski definition) is 6. The fourth-order valence-corrected chi connectivity index (χ4v) is 4.23. The Labute approximate surface area is 198 Å². The van der Waals surface area contributed by atoms with Crippen molar-refractivity contribution in [1.82, 2.24) is 9.88 Å². The SMILES string of the molecule is CCCCCCOc1ccc(CN2CCC(N(C)c3ncccc3C(=O)OC(C)C)C2)cc1. The minimum Gasteiger partial charge on any atom is -0.494 e. The van der Waals surface area contributed by atoms with Crippen LogP contribution in [0.5, 0.6) is 5.75 Å². The summed E-state index contributed by atoms with van der Waals surface area (Å²) in [5.41, 5.74) is 1.81. The average molecular weight is 454 g/mol. The molecule has 1 aromatic carbocycles. The van der Waals surface area contributed by atoms with Crippen LogP contribution in [0.3, 0.4) is 0 Å². The van der Waals surface area contributed by atoms with Gasteiger partial charge in [0.1, 0.15) is 17.1 Å². The van der Waals surface area contributed by atoms with Gasteiger partial charge in [-0.25, -0.2) is 9.78 Å². The molecule has 180 valence electrons. The summed E-state index contributed by atoms with van der Waals surface area (Å²) in [6.45, 7) is 9.59. The van der Waals surface area contributed by atoms with Gasteiger partial charge >= 0.3 is 5.97 Å². The molecule has 0 N–H and O–H groups in total. The Morgan fingerprint density at radius 3 is 2.70 bits per heavy atom. The molecule has 1 fully saturated rings. The van der Waals surface area contributed by atoms with Gasteiger partial charge in [-0.05, 0) is 56.5 Å². The third kappa shape index (κ3) is 7.46. The van der Waals surface area contributed by atoms with Crippen LogP contribution in [0.25, 0.3) is 0 Å². The van der Waals surface area contributed by atoms with Crippen LogP contribution in [0.4, 0.5) is 5.82 Å². The molecule has 33 heavy (non-hydrogen) atoms. The first-order valence-corrected chi connectivity index (χ1v) is 12.3. The second-order valence-electron chi connectivity index (χ2n) is 9.17. The van der Waals surface area contributed by atoms with Crippen LogP contribution in [0.2, 0.25) is 0 Å². The number of likely N-dealkylation sites (N-methyl/N-ethyl adjacent to an activating group) is 1. The molecule has 0 spiro atoms. The number of likely N-dealkylation sites (tertiary alicyclic amines) is 1. The maximum Gasteiger partial charge on any atom is 0.342 e. The van der Waals surface area contributed by atoms with Crippen LogP contribution in [0.15, 0.2) is 42.6 Å². The van der Waals surface area contributed by atoms with Crippen LogP contribution < -0.4 is 9.64 Å². The molecule has 0 radical (unpaired) electrons. The van der Waals surface area contributed by atoms with Gasteiger partial charge in [-0.3, -0.25) is 4.90 Å². The van der Waals surface area contributed by atoms with Crippen LogP contribution in [-0.4, -0.2) is 54.7 Å². The zero-order chi connectivity index (χ0) is 23.6. The van der Waals surface area contributed by atoms with E-state index in [1.54, 1.807) is 18.3 Å². The Balaban J connectivity index is 1.52. The molecule has 2 aromatic rings. The molecular formula is C27H39N3O3. The lowest BCUT2D eigenvalue weighted by molar-refractivity contribution is 0.0378. The van der Waals surface area contributed by atoms with E-state index in [1.807, 2.05) is 20.9 Å². The van der Waals surface area contributed by atoms with E-state index >= 15 is 0 Å². The van der Waals surface area contributed by atoms with Crippen LogP contribution >= 0.6 is 0 Å². The predicted molar refractivity (Wildman–Crippen MR) is 133 cm³/mol. The molecule has 3 rings (SSSR count). The molecule has 2 heterocycles. The Hall–Kier alpha value is -2.60. The smallest absolute Gasteiger partial charge is 0.342 e. The number of nitrogens with zero attached hydrogens (tertiary/aromatic N) is 3. The van der Waals surface area contributed by atoms with Gasteiger partial charge in [0, 0.05) is 38.9 Å². The second kappa shape index (κ2) is 12.6. The largest absolute Gasteiger partial charge is 0.494 e. The van der Waals surface area contributed by atoms with Crippen molar-refractivity contribution in [1.29, 1.82) is 0 Å². The number of aromatic nitrogens is 1. The van der Waals surface area contributed by atoms with E-state index in [0.717, 1.165) is 44.8 Å². The van der Waals surface area contributed by atoms with Gasteiger partial charge in [0.2, 0.25) is 0 Å². The zero-order valence-electron chi connectivity index (χ0n) is 20.6. The summed E-state index contributed by atoms with van der Waals surface area (Å²) in [5.74, 6) is 1.32. The first kappa shape index (κ1) is 25.0. The Morgan fingerprint density at radius 1 is 1.18 bits per heavy atom. The van der Waals surface area contributed by atoms with Gasteiger partial charge in [-0.1, -0.05) is 38.3 Å². The third-order valence-electron chi connectivity index (χ3n) is 6.07. The quantitative estimate of drug-likeness (QED) is 0.320. The summed E-state index contributed by atoms with van der Waals surface area (Å²) < 4.78 is 11.3. The van der Waals surface area contributed by atoms with Crippen molar-refractivity contribution >= 4 is 11.8 Å². The van der Waals surface area contributed by atoms with E-state index in [0.29, 0.717) is 17.4 Å². The highest BCUT2D eigenvalue weighted by Gasteiger charge is 2.29. The van der Waals surface area contributed by atoms with Gasteiger partial charge in [-0.15, -0.1) is 0 Å². The molecule has 0 aliphatic carbocycles. The van der Waals surface area contributed by atoms with Crippen molar-refractivity contribution < 1.29 is 14.3 Å². The molecule has 6 nitrogen and oxygen atoms in total. The van der Waals surface area contributed by atoms with Crippen LogP contribution in [0, 0.1) is 0 Å². The Bertz CT molecular complexity index is 869. The van der Waals surface area contributed by atoms with Gasteiger partial charge in [0.05, 0.1) is 12.7 Å². The third-order valence-corrected chi connectivity index (χ3v) is 6.07. The maximum absolute atomic E-state index is 12.5. The molecule has 1 aliphatic heterocycles. The first-order valence-electron chi connectivity index (χ1n) is 12.3. The van der Waals surface area contributed by atoms with Gasteiger partial charge in [-0.2, -0.15) is 0 Å². The van der Waals surface area contributed by atoms with E-state index in [9.17, 15) is 4.79 Å². The lowest BCUT2D eigenvalue weighted by Crippen LogP contribution is -2.36. The predicted octanol–water partition coefficient (Wildman–Crippen LogP) is 5.32. The molecule has 6 heteroatoms. The monoisotopic (exact) mass is 453 g/mol. The molecule has 1 aliphatic rings. The molecule has 1 atom stereocenters. The Morgan fingerprint density at radius 2 is 1.97 bits per heavy atom. The molecule has 1 aromatic heterocycles. The molecule has 0 amide bonds. The summed E-state index contributed by atoms with van der Waals surface area (Å²) >= 11 is 0. The van der Waals surface area contributed by atoms with Gasteiger partial charge in [0.25, 0.3) is 0 Å². The number of benzene rings is 1. The van der Waals surface area contributed by atoms with Crippen molar-refractivity contribution in [3.63, 3.8) is 0 Å². The average Bonchev–Trinajstić information content (AvgIpc) is 3.27. The standard InChI is InChI=1S/C27H39N3O3/c1-5-6-7-8-18-32-24-13-11-22(12-14-24)19-30-17-15-23(20-30)29(4)26-25(10-9-16-28-26)27(31)33-21(2)3/h9-14,16,21,23H,5-8,15,17-20H2,1-4H3. The first-order chi connectivity index (χ1) is 16.0. The van der Waals surface area contributed by atoms with Crippen molar-refractivity contribution in [2.24, 2.45) is 0 Å². The number of hydrogen-bond donors (Lipinski definition) is 0. The van der Waals surface area contributed by atoms with Crippen LogP contribution in [0.1, 0.15) is 68.8 Å². The van der Waals surface area contributed by atoms with E-state index in [-0.39, 0.29) is 12.1 Å².